The van der Waals surface area contributed by atoms with E-state index in [1.54, 1.807) is 0 Å². The van der Waals surface area contributed by atoms with E-state index < -0.39 is 11.9 Å². The number of hydrogen-bond acceptors (Lipinski definition) is 3. The lowest BCUT2D eigenvalue weighted by Crippen LogP contribution is -2.28. The van der Waals surface area contributed by atoms with E-state index in [0.29, 0.717) is 6.61 Å². The molecule has 1 fully saturated rings. The molecule has 1 rings (SSSR count). The van der Waals surface area contributed by atoms with Crippen LogP contribution in [0.4, 0.5) is 0 Å². The van der Waals surface area contributed by atoms with Crippen LogP contribution in [0, 0.1) is 11.8 Å². The molecule has 114 valence electrons. The Labute approximate surface area is 121 Å². The molecule has 0 spiro atoms. The van der Waals surface area contributed by atoms with Gasteiger partial charge in [0, 0.05) is 0 Å². The van der Waals surface area contributed by atoms with Crippen molar-refractivity contribution in [2.75, 3.05) is 6.61 Å². The second kappa shape index (κ2) is 9.56. The molecule has 4 nitrogen and oxygen atoms in total. The third-order valence-electron chi connectivity index (χ3n) is 3.99. The number of carboxylic acid groups (broad SMARTS) is 1. The van der Waals surface area contributed by atoms with Crippen LogP contribution >= 0.6 is 0 Å². The van der Waals surface area contributed by atoms with Crippen LogP contribution in [-0.2, 0) is 14.3 Å². The molecule has 0 aromatic carbocycles. The van der Waals surface area contributed by atoms with Gasteiger partial charge in [-0.15, -0.1) is 6.58 Å². The summed E-state index contributed by atoms with van der Waals surface area (Å²) in [6, 6.07) is 0. The summed E-state index contributed by atoms with van der Waals surface area (Å²) in [6.07, 6.45) is 9.69. The predicted molar refractivity (Wildman–Crippen MR) is 77.3 cm³/mol. The molecule has 1 atom stereocenters. The van der Waals surface area contributed by atoms with Crippen LogP contribution in [0.1, 0.15) is 57.8 Å². The molecule has 0 radical (unpaired) electrons. The average molecular weight is 282 g/mol. The van der Waals surface area contributed by atoms with Gasteiger partial charge in [-0.1, -0.05) is 25.3 Å². The lowest BCUT2D eigenvalue weighted by Gasteiger charge is -2.26. The molecule has 4 heteroatoms. The minimum atomic E-state index is -0.861. The lowest BCUT2D eigenvalue weighted by molar-refractivity contribution is -0.153. The number of allylic oxidation sites excluding steroid dienone is 1. The molecule has 0 saturated heterocycles. The van der Waals surface area contributed by atoms with Crippen molar-refractivity contribution in [3.8, 4) is 0 Å². The second-order valence-corrected chi connectivity index (χ2v) is 5.55. The number of esters is 1. The van der Waals surface area contributed by atoms with Crippen molar-refractivity contribution in [1.82, 2.24) is 0 Å². The quantitative estimate of drug-likeness (QED) is 0.399. The van der Waals surface area contributed by atoms with E-state index in [2.05, 4.69) is 6.58 Å². The zero-order valence-corrected chi connectivity index (χ0v) is 12.2. The third-order valence-corrected chi connectivity index (χ3v) is 3.99. The van der Waals surface area contributed by atoms with E-state index >= 15 is 0 Å². The van der Waals surface area contributed by atoms with Crippen molar-refractivity contribution in [2.45, 2.75) is 57.8 Å². The van der Waals surface area contributed by atoms with Gasteiger partial charge in [-0.3, -0.25) is 9.59 Å². The Morgan fingerprint density at radius 2 is 1.95 bits per heavy atom. The molecule has 1 saturated carbocycles. The van der Waals surface area contributed by atoms with E-state index in [1.165, 1.54) is 6.42 Å². The monoisotopic (exact) mass is 282 g/mol. The van der Waals surface area contributed by atoms with E-state index in [4.69, 9.17) is 4.74 Å². The topological polar surface area (TPSA) is 63.6 Å². The first kappa shape index (κ1) is 16.7. The first-order valence-electron chi connectivity index (χ1n) is 7.64. The van der Waals surface area contributed by atoms with Gasteiger partial charge in [0.15, 0.2) is 0 Å². The maximum absolute atomic E-state index is 11.7. The number of ether oxygens (including phenoxy) is 1. The predicted octanol–water partition coefficient (Wildman–Crippen LogP) is 3.56. The number of rotatable bonds is 9. The molecule has 0 aliphatic heterocycles. The summed E-state index contributed by atoms with van der Waals surface area (Å²) in [5.41, 5.74) is 0. The van der Waals surface area contributed by atoms with Crippen molar-refractivity contribution in [1.29, 1.82) is 0 Å². The minimum absolute atomic E-state index is 0.0153. The van der Waals surface area contributed by atoms with Gasteiger partial charge < -0.3 is 9.84 Å². The summed E-state index contributed by atoms with van der Waals surface area (Å²) in [7, 11) is 0. The highest BCUT2D eigenvalue weighted by Crippen LogP contribution is 2.32. The molecular formula is C16H26O4. The number of carbonyl (C=O) groups excluding carboxylic acids is 1. The van der Waals surface area contributed by atoms with Crippen molar-refractivity contribution in [3.63, 3.8) is 0 Å². The van der Waals surface area contributed by atoms with Crippen LogP contribution in [0.25, 0.3) is 0 Å². The Morgan fingerprint density at radius 3 is 2.55 bits per heavy atom. The molecule has 20 heavy (non-hydrogen) atoms. The second-order valence-electron chi connectivity index (χ2n) is 5.55. The summed E-state index contributed by atoms with van der Waals surface area (Å²) < 4.78 is 5.12. The Kier molecular flexibility index (Phi) is 8.00. The van der Waals surface area contributed by atoms with Crippen molar-refractivity contribution in [3.05, 3.63) is 12.7 Å². The molecule has 0 aromatic heterocycles. The Bertz CT molecular complexity index is 318. The van der Waals surface area contributed by atoms with Gasteiger partial charge in [0.1, 0.15) is 0 Å². The van der Waals surface area contributed by atoms with Crippen LogP contribution in [0.2, 0.25) is 0 Å². The van der Waals surface area contributed by atoms with Crippen LogP contribution in [-0.4, -0.2) is 23.7 Å². The first-order valence-corrected chi connectivity index (χ1v) is 7.64. The molecule has 0 unspecified atom stereocenters. The number of hydrogen-bond donors (Lipinski definition) is 1. The maximum Gasteiger partial charge on any atom is 0.307 e. The molecular weight excluding hydrogens is 256 g/mol. The van der Waals surface area contributed by atoms with Gasteiger partial charge in [-0.2, -0.15) is 0 Å². The Hall–Kier alpha value is -1.32. The molecule has 0 amide bonds. The van der Waals surface area contributed by atoms with Crippen LogP contribution in [0.15, 0.2) is 12.7 Å². The van der Waals surface area contributed by atoms with Crippen molar-refractivity contribution in [2.24, 2.45) is 11.8 Å². The number of carboxylic acids is 1. The Balaban J connectivity index is 2.31. The Morgan fingerprint density at radius 1 is 1.25 bits per heavy atom. The highest BCUT2D eigenvalue weighted by molar-refractivity contribution is 5.79. The van der Waals surface area contributed by atoms with Gasteiger partial charge in [-0.05, 0) is 38.0 Å². The summed E-state index contributed by atoms with van der Waals surface area (Å²) in [5, 5.41) is 9.30. The highest BCUT2D eigenvalue weighted by atomic mass is 16.5. The first-order chi connectivity index (χ1) is 9.65. The maximum atomic E-state index is 11.7. The highest BCUT2D eigenvalue weighted by Gasteiger charge is 2.31. The van der Waals surface area contributed by atoms with E-state index in [-0.39, 0.29) is 18.3 Å². The fraction of sp³-hybridized carbons (Fsp3) is 0.750. The SMILES string of the molecule is C=CCCCCOC(=O)C[C@H](C(=O)O)C1CCCCC1. The summed E-state index contributed by atoms with van der Waals surface area (Å²) in [4.78, 5) is 23.1. The molecule has 1 aliphatic carbocycles. The molecule has 1 aliphatic rings. The van der Waals surface area contributed by atoms with Gasteiger partial charge in [0.05, 0.1) is 18.9 Å². The summed E-state index contributed by atoms with van der Waals surface area (Å²) >= 11 is 0. The molecule has 0 bridgehead atoms. The molecule has 0 heterocycles. The largest absolute Gasteiger partial charge is 0.481 e. The van der Waals surface area contributed by atoms with Crippen molar-refractivity contribution >= 4 is 11.9 Å². The average Bonchev–Trinajstić information content (AvgIpc) is 2.45. The third kappa shape index (κ3) is 6.22. The van der Waals surface area contributed by atoms with Gasteiger partial charge in [-0.25, -0.2) is 0 Å². The fourth-order valence-electron chi connectivity index (χ4n) is 2.81. The van der Waals surface area contributed by atoms with E-state index in [0.717, 1.165) is 44.9 Å². The van der Waals surface area contributed by atoms with E-state index in [1.807, 2.05) is 6.08 Å². The van der Waals surface area contributed by atoms with Crippen LogP contribution < -0.4 is 0 Å². The summed E-state index contributed by atoms with van der Waals surface area (Å²) in [6.45, 7) is 4.01. The normalized spacial score (nSPS) is 17.4. The fourth-order valence-corrected chi connectivity index (χ4v) is 2.81. The smallest absolute Gasteiger partial charge is 0.307 e. The number of carbonyl (C=O) groups is 2. The molecule has 1 N–H and O–H groups in total. The summed E-state index contributed by atoms with van der Waals surface area (Å²) in [5.74, 6) is -1.67. The standard InChI is InChI=1S/C16H26O4/c1-2-3-4-8-11-20-15(17)12-14(16(18)19)13-9-6-5-7-10-13/h2,13-14H,1,3-12H2,(H,18,19)/t14-/m0/s1. The molecule has 0 aromatic rings. The van der Waals surface area contributed by atoms with Crippen LogP contribution in [0.5, 0.6) is 0 Å². The zero-order chi connectivity index (χ0) is 14.8. The number of aliphatic carboxylic acids is 1. The minimum Gasteiger partial charge on any atom is -0.481 e. The number of unbranched alkanes of at least 4 members (excludes halogenated alkanes) is 2. The van der Waals surface area contributed by atoms with Gasteiger partial charge in [0.2, 0.25) is 0 Å². The van der Waals surface area contributed by atoms with Crippen LogP contribution in [0.3, 0.4) is 0 Å². The lowest BCUT2D eigenvalue weighted by atomic mass is 9.78. The zero-order valence-electron chi connectivity index (χ0n) is 12.2. The van der Waals surface area contributed by atoms with Gasteiger partial charge in [0.25, 0.3) is 0 Å². The van der Waals surface area contributed by atoms with Crippen molar-refractivity contribution < 1.29 is 19.4 Å². The van der Waals surface area contributed by atoms with E-state index in [9.17, 15) is 14.7 Å². The van der Waals surface area contributed by atoms with Gasteiger partial charge >= 0.3 is 11.9 Å².